The second-order valence-corrected chi connectivity index (χ2v) is 6.05. The Labute approximate surface area is 130 Å². The number of hydrogen-bond donors (Lipinski definition) is 0. The minimum atomic E-state index is -0.0661. The van der Waals surface area contributed by atoms with Crippen LogP contribution in [-0.4, -0.2) is 43.1 Å². The molecule has 1 fully saturated rings. The standard InChI is InChI=1S/C14H15N5O2S/c1-22-14-16-13-15-7-10-11(19(13)17-14)4-5-18(12(10)20)8-9-3-2-6-21-9/h4-5,7,9H,2-3,6,8H2,1H3/t9-/m1/s1. The Hall–Kier alpha value is -1.93. The Bertz CT molecular complexity index is 897. The Morgan fingerprint density at radius 1 is 1.50 bits per heavy atom. The molecule has 7 nitrogen and oxygen atoms in total. The van der Waals surface area contributed by atoms with E-state index in [1.54, 1.807) is 21.5 Å². The fourth-order valence-electron chi connectivity index (χ4n) is 2.78. The summed E-state index contributed by atoms with van der Waals surface area (Å²) < 4.78 is 8.92. The van der Waals surface area contributed by atoms with Crippen molar-refractivity contribution in [3.05, 3.63) is 28.8 Å². The SMILES string of the molecule is CSc1nc2ncc3c(=O)n(C[C@H]4CCCO4)ccc3n2n1. The first kappa shape index (κ1) is 13.7. The van der Waals surface area contributed by atoms with Gasteiger partial charge >= 0.3 is 0 Å². The number of aromatic nitrogens is 5. The Kier molecular flexibility index (Phi) is 3.34. The van der Waals surface area contributed by atoms with Crippen molar-refractivity contribution in [2.24, 2.45) is 0 Å². The third-order valence-electron chi connectivity index (χ3n) is 3.89. The van der Waals surface area contributed by atoms with E-state index in [1.165, 1.54) is 11.8 Å². The number of nitrogens with zero attached hydrogens (tertiary/aromatic N) is 5. The molecule has 0 saturated carbocycles. The molecule has 1 saturated heterocycles. The molecule has 3 aromatic heterocycles. The van der Waals surface area contributed by atoms with Crippen molar-refractivity contribution in [1.82, 2.24) is 24.1 Å². The number of thioether (sulfide) groups is 1. The highest BCUT2D eigenvalue weighted by molar-refractivity contribution is 7.98. The number of ether oxygens (including phenoxy) is 1. The van der Waals surface area contributed by atoms with Gasteiger partial charge in [0.25, 0.3) is 11.3 Å². The van der Waals surface area contributed by atoms with Gasteiger partial charge in [-0.2, -0.15) is 9.50 Å². The van der Waals surface area contributed by atoms with Crippen molar-refractivity contribution >= 4 is 28.4 Å². The number of pyridine rings is 1. The second kappa shape index (κ2) is 5.36. The molecule has 3 aromatic rings. The van der Waals surface area contributed by atoms with Crippen LogP contribution in [-0.2, 0) is 11.3 Å². The normalized spacial score (nSPS) is 18.5. The third-order valence-corrected chi connectivity index (χ3v) is 4.43. The molecule has 4 heterocycles. The molecule has 22 heavy (non-hydrogen) atoms. The largest absolute Gasteiger partial charge is 0.376 e. The maximum absolute atomic E-state index is 12.6. The molecule has 1 atom stereocenters. The zero-order chi connectivity index (χ0) is 15.1. The van der Waals surface area contributed by atoms with Gasteiger partial charge in [0, 0.05) is 19.0 Å². The van der Waals surface area contributed by atoms with E-state index in [-0.39, 0.29) is 11.7 Å². The van der Waals surface area contributed by atoms with Gasteiger partial charge in [0.1, 0.15) is 0 Å². The number of rotatable bonds is 3. The number of fused-ring (bicyclic) bond motifs is 3. The highest BCUT2D eigenvalue weighted by Gasteiger charge is 2.17. The van der Waals surface area contributed by atoms with E-state index in [4.69, 9.17) is 4.74 Å². The van der Waals surface area contributed by atoms with Crippen LogP contribution in [0.4, 0.5) is 0 Å². The van der Waals surface area contributed by atoms with Crippen LogP contribution in [0, 0.1) is 0 Å². The van der Waals surface area contributed by atoms with Gasteiger partial charge in [-0.05, 0) is 25.2 Å². The summed E-state index contributed by atoms with van der Waals surface area (Å²) in [5.74, 6) is 0.508. The van der Waals surface area contributed by atoms with Gasteiger partial charge in [-0.15, -0.1) is 5.10 Å². The lowest BCUT2D eigenvalue weighted by molar-refractivity contribution is 0.0963. The summed E-state index contributed by atoms with van der Waals surface area (Å²) >= 11 is 1.45. The van der Waals surface area contributed by atoms with Crippen LogP contribution in [0.1, 0.15) is 12.8 Å². The molecular formula is C14H15N5O2S. The van der Waals surface area contributed by atoms with Gasteiger partial charge in [0.15, 0.2) is 0 Å². The maximum atomic E-state index is 12.6. The molecule has 8 heteroatoms. The highest BCUT2D eigenvalue weighted by atomic mass is 32.2. The van der Waals surface area contributed by atoms with Crippen LogP contribution in [0.25, 0.3) is 16.7 Å². The van der Waals surface area contributed by atoms with Crippen molar-refractivity contribution in [1.29, 1.82) is 0 Å². The summed E-state index contributed by atoms with van der Waals surface area (Å²) in [6.45, 7) is 1.37. The Morgan fingerprint density at radius 2 is 2.41 bits per heavy atom. The van der Waals surface area contributed by atoms with E-state index < -0.39 is 0 Å². The lowest BCUT2D eigenvalue weighted by Crippen LogP contribution is -2.26. The lowest BCUT2D eigenvalue weighted by Gasteiger charge is -2.12. The zero-order valence-electron chi connectivity index (χ0n) is 12.1. The summed E-state index contributed by atoms with van der Waals surface area (Å²) in [5, 5.41) is 5.56. The molecule has 4 rings (SSSR count). The van der Waals surface area contributed by atoms with Crippen LogP contribution < -0.4 is 5.56 Å². The topological polar surface area (TPSA) is 74.3 Å². The molecular weight excluding hydrogens is 302 g/mol. The molecule has 0 amide bonds. The molecule has 0 aromatic carbocycles. The Morgan fingerprint density at radius 3 is 3.18 bits per heavy atom. The van der Waals surface area contributed by atoms with Crippen molar-refractivity contribution in [3.8, 4) is 0 Å². The van der Waals surface area contributed by atoms with Crippen molar-refractivity contribution < 1.29 is 4.74 Å². The van der Waals surface area contributed by atoms with E-state index in [9.17, 15) is 4.79 Å². The zero-order valence-corrected chi connectivity index (χ0v) is 12.9. The maximum Gasteiger partial charge on any atom is 0.261 e. The highest BCUT2D eigenvalue weighted by Crippen LogP contribution is 2.16. The van der Waals surface area contributed by atoms with E-state index in [0.29, 0.717) is 22.9 Å². The van der Waals surface area contributed by atoms with Crippen molar-refractivity contribution in [3.63, 3.8) is 0 Å². The van der Waals surface area contributed by atoms with Gasteiger partial charge in [-0.25, -0.2) is 4.98 Å². The lowest BCUT2D eigenvalue weighted by atomic mass is 10.2. The molecule has 0 radical (unpaired) electrons. The van der Waals surface area contributed by atoms with Crippen LogP contribution in [0.15, 0.2) is 28.4 Å². The molecule has 0 bridgehead atoms. The molecule has 0 aliphatic carbocycles. The summed E-state index contributed by atoms with van der Waals surface area (Å²) in [4.78, 5) is 21.2. The van der Waals surface area contributed by atoms with Crippen LogP contribution >= 0.6 is 11.8 Å². The van der Waals surface area contributed by atoms with E-state index >= 15 is 0 Å². The minimum absolute atomic E-state index is 0.0661. The average Bonchev–Trinajstić information content (AvgIpc) is 3.18. The van der Waals surface area contributed by atoms with Crippen LogP contribution in [0.5, 0.6) is 0 Å². The Balaban J connectivity index is 1.84. The van der Waals surface area contributed by atoms with Gasteiger partial charge in [-0.1, -0.05) is 11.8 Å². The summed E-state index contributed by atoms with van der Waals surface area (Å²) in [7, 11) is 0. The first-order valence-electron chi connectivity index (χ1n) is 7.17. The fourth-order valence-corrected chi connectivity index (χ4v) is 3.12. The first-order valence-corrected chi connectivity index (χ1v) is 8.39. The molecule has 0 unspecified atom stereocenters. The summed E-state index contributed by atoms with van der Waals surface area (Å²) in [5.41, 5.74) is 0.662. The van der Waals surface area contributed by atoms with Crippen LogP contribution in [0.3, 0.4) is 0 Å². The number of hydrogen-bond acceptors (Lipinski definition) is 6. The quantitative estimate of drug-likeness (QED) is 0.679. The summed E-state index contributed by atoms with van der Waals surface area (Å²) in [6.07, 6.45) is 7.48. The predicted octanol–water partition coefficient (Wildman–Crippen LogP) is 1.34. The van der Waals surface area contributed by atoms with Crippen LogP contribution in [0.2, 0.25) is 0 Å². The van der Waals surface area contributed by atoms with E-state index in [1.807, 2.05) is 12.3 Å². The monoisotopic (exact) mass is 317 g/mol. The summed E-state index contributed by atoms with van der Waals surface area (Å²) in [6, 6.07) is 1.89. The average molecular weight is 317 g/mol. The van der Waals surface area contributed by atoms with E-state index in [2.05, 4.69) is 15.1 Å². The predicted molar refractivity (Wildman–Crippen MR) is 83.3 cm³/mol. The van der Waals surface area contributed by atoms with Gasteiger partial charge in [0.05, 0.1) is 23.6 Å². The van der Waals surface area contributed by atoms with E-state index in [0.717, 1.165) is 25.0 Å². The molecule has 1 aliphatic heterocycles. The molecule has 0 spiro atoms. The van der Waals surface area contributed by atoms with Gasteiger partial charge in [-0.3, -0.25) is 4.79 Å². The second-order valence-electron chi connectivity index (χ2n) is 5.28. The van der Waals surface area contributed by atoms with Gasteiger partial charge < -0.3 is 9.30 Å². The van der Waals surface area contributed by atoms with Crippen molar-refractivity contribution in [2.75, 3.05) is 12.9 Å². The fraction of sp³-hybridized carbons (Fsp3) is 0.429. The first-order chi connectivity index (χ1) is 10.8. The van der Waals surface area contributed by atoms with Crippen molar-refractivity contribution in [2.45, 2.75) is 30.6 Å². The molecule has 114 valence electrons. The third kappa shape index (κ3) is 2.19. The molecule has 1 aliphatic rings. The molecule has 0 N–H and O–H groups in total. The smallest absolute Gasteiger partial charge is 0.261 e. The minimum Gasteiger partial charge on any atom is -0.376 e. The van der Waals surface area contributed by atoms with Gasteiger partial charge in [0.2, 0.25) is 5.16 Å².